The van der Waals surface area contributed by atoms with Crippen LogP contribution in [0.3, 0.4) is 0 Å². The predicted octanol–water partition coefficient (Wildman–Crippen LogP) is 3.70. The second-order valence-electron chi connectivity index (χ2n) is 16.7. The number of rotatable bonds is 25. The zero-order valence-electron chi connectivity index (χ0n) is 35.4. The number of anilines is 1. The van der Waals surface area contributed by atoms with E-state index in [1.54, 1.807) is 12.1 Å². The molecule has 7 N–H and O–H groups in total. The second kappa shape index (κ2) is 24.6. The van der Waals surface area contributed by atoms with Crippen LogP contribution in [0.2, 0.25) is 0 Å². The highest BCUT2D eigenvalue weighted by Gasteiger charge is 2.29. The highest BCUT2D eigenvalue weighted by atomic mass is 16.5. The normalized spacial score (nSPS) is 15.0. The van der Waals surface area contributed by atoms with E-state index < -0.39 is 29.9 Å². The molecule has 0 saturated carbocycles. The number of aromatic nitrogens is 3. The Labute approximate surface area is 339 Å². The first kappa shape index (κ1) is 47.3. The van der Waals surface area contributed by atoms with Gasteiger partial charge in [0, 0.05) is 43.5 Å². The van der Waals surface area contributed by atoms with Gasteiger partial charge in [0.25, 0.3) is 0 Å². The van der Waals surface area contributed by atoms with Crippen LogP contribution in [0.15, 0.2) is 30.5 Å². The Kier molecular flexibility index (Phi) is 20.4. The number of carbonyl (C=O) groups is 4. The van der Waals surface area contributed by atoms with Crippen molar-refractivity contribution in [1.82, 2.24) is 41.2 Å². The quantitative estimate of drug-likeness (QED) is 0.0804. The van der Waals surface area contributed by atoms with Crippen LogP contribution in [0.1, 0.15) is 105 Å². The summed E-state index contributed by atoms with van der Waals surface area (Å²) < 4.78 is 13.4. The molecule has 3 rings (SSSR count). The molecule has 16 nitrogen and oxygen atoms in total. The number of ether oxygens (including phenoxy) is 2. The summed E-state index contributed by atoms with van der Waals surface area (Å²) in [6.45, 7) is 20.2. The number of likely N-dealkylation sites (tertiary alicyclic amines) is 1. The Balaban J connectivity index is 1.37. The van der Waals surface area contributed by atoms with Gasteiger partial charge in [0.15, 0.2) is 0 Å². The maximum absolute atomic E-state index is 13.5. The van der Waals surface area contributed by atoms with Crippen LogP contribution < -0.4 is 32.3 Å². The molecule has 1 fully saturated rings. The second-order valence-corrected chi connectivity index (χ2v) is 16.7. The first-order valence-corrected chi connectivity index (χ1v) is 20.7. The molecule has 2 atom stereocenters. The number of nitrogens with two attached hydrogens (primary N) is 1. The third kappa shape index (κ3) is 19.7. The van der Waals surface area contributed by atoms with Gasteiger partial charge >= 0.3 is 6.03 Å². The zero-order chi connectivity index (χ0) is 41.8. The van der Waals surface area contributed by atoms with Crippen molar-refractivity contribution in [2.45, 2.75) is 137 Å². The number of piperidine rings is 1. The molecular weight excluding hydrogens is 729 g/mol. The minimum atomic E-state index is -0.902. The first-order chi connectivity index (χ1) is 27.1. The molecule has 1 aliphatic rings. The average Bonchev–Trinajstić information content (AvgIpc) is 3.61. The molecule has 1 aromatic heterocycles. The molecule has 2 aromatic rings. The molecule has 16 heteroatoms. The van der Waals surface area contributed by atoms with Crippen molar-refractivity contribution in [1.29, 1.82) is 0 Å². The summed E-state index contributed by atoms with van der Waals surface area (Å²) in [6, 6.07) is 4.94. The number of benzene rings is 1. The highest BCUT2D eigenvalue weighted by molar-refractivity contribution is 5.98. The fraction of sp³-hybridized carbons (Fsp3) is 0.707. The van der Waals surface area contributed by atoms with Gasteiger partial charge in [0.1, 0.15) is 12.1 Å². The zero-order valence-corrected chi connectivity index (χ0v) is 35.4. The van der Waals surface area contributed by atoms with Crippen molar-refractivity contribution in [3.8, 4) is 0 Å². The van der Waals surface area contributed by atoms with Crippen LogP contribution >= 0.6 is 0 Å². The number of hydrogen-bond donors (Lipinski definition) is 6. The van der Waals surface area contributed by atoms with E-state index in [-0.39, 0.29) is 36.4 Å². The summed E-state index contributed by atoms with van der Waals surface area (Å²) in [5.41, 5.74) is 7.69. The number of nitrogens with zero attached hydrogens (tertiary/aromatic N) is 4. The molecule has 1 aliphatic heterocycles. The van der Waals surface area contributed by atoms with Gasteiger partial charge in [-0.3, -0.25) is 14.4 Å². The average molecular weight is 799 g/mol. The van der Waals surface area contributed by atoms with E-state index in [2.05, 4.69) is 62.6 Å². The maximum atomic E-state index is 13.5. The van der Waals surface area contributed by atoms with Crippen LogP contribution in [0.4, 0.5) is 10.5 Å². The van der Waals surface area contributed by atoms with Crippen molar-refractivity contribution in [2.75, 3.05) is 44.7 Å². The number of carbonyl (C=O) groups excluding carboxylic acids is 4. The smallest absolute Gasteiger partial charge is 0.312 e. The van der Waals surface area contributed by atoms with Crippen molar-refractivity contribution < 1.29 is 28.7 Å². The Bertz CT molecular complexity index is 1500. The lowest BCUT2D eigenvalue weighted by molar-refractivity contribution is -0.132. The van der Waals surface area contributed by atoms with Gasteiger partial charge in [0.05, 0.1) is 38.2 Å². The molecule has 57 heavy (non-hydrogen) atoms. The van der Waals surface area contributed by atoms with E-state index in [0.717, 1.165) is 56.6 Å². The van der Waals surface area contributed by atoms with Crippen molar-refractivity contribution in [3.05, 3.63) is 41.7 Å². The molecule has 0 aliphatic carbocycles. The molecule has 1 saturated heterocycles. The van der Waals surface area contributed by atoms with Crippen molar-refractivity contribution in [3.63, 3.8) is 0 Å². The summed E-state index contributed by atoms with van der Waals surface area (Å²) in [4.78, 5) is 53.6. The lowest BCUT2D eigenvalue weighted by Crippen LogP contribution is -2.54. The summed E-state index contributed by atoms with van der Waals surface area (Å²) >= 11 is 0. The summed E-state index contributed by atoms with van der Waals surface area (Å²) in [6.07, 6.45) is 6.89. The van der Waals surface area contributed by atoms with E-state index in [1.807, 2.05) is 50.7 Å². The molecule has 0 unspecified atom stereocenters. The van der Waals surface area contributed by atoms with Crippen LogP contribution in [0.25, 0.3) is 0 Å². The van der Waals surface area contributed by atoms with Gasteiger partial charge < -0.3 is 46.7 Å². The number of primary amides is 1. The van der Waals surface area contributed by atoms with Crippen molar-refractivity contribution >= 4 is 29.4 Å². The topological polar surface area (TPSA) is 207 Å². The molecule has 5 amide bonds. The fourth-order valence-corrected chi connectivity index (χ4v) is 6.39. The van der Waals surface area contributed by atoms with E-state index in [9.17, 15) is 19.2 Å². The Hall–Kier alpha value is -4.12. The van der Waals surface area contributed by atoms with E-state index in [4.69, 9.17) is 15.2 Å². The number of nitrogens with one attached hydrogen (secondary N) is 5. The highest BCUT2D eigenvalue weighted by Crippen LogP contribution is 2.22. The third-order valence-electron chi connectivity index (χ3n) is 9.80. The van der Waals surface area contributed by atoms with Gasteiger partial charge in [-0.15, -0.1) is 5.10 Å². The molecule has 0 radical (unpaired) electrons. The molecule has 320 valence electrons. The molecule has 0 bridgehead atoms. The van der Waals surface area contributed by atoms with Crippen LogP contribution in [0.5, 0.6) is 0 Å². The minimum Gasteiger partial charge on any atom is -0.378 e. The predicted molar refractivity (Wildman–Crippen MR) is 221 cm³/mol. The standard InChI is InChI=1S/C41H70N10O6/c1-29(2)37(39(54)46-35(11-9-19-43-40(42)55)38(53)45-33-15-13-32(14-16-33)28-57-30(3)4)47-36(52)12-8-10-31-17-20-50(21-18-31)22-24-56-25-23-51-27-34(48-49-51)26-44-41(5,6)7/h13-16,27,29-31,35,37,44H,8-12,17-26,28H2,1-7H3,(H,45,53)(H,46,54)(H,47,52)(H3,42,43,55)/t35-,37-/m0/s1. The summed E-state index contributed by atoms with van der Waals surface area (Å²) in [7, 11) is 0. The van der Waals surface area contributed by atoms with Crippen LogP contribution in [-0.4, -0.2) is 107 Å². The molecule has 1 aromatic carbocycles. The Morgan fingerprint density at radius 1 is 0.947 bits per heavy atom. The van der Waals surface area contributed by atoms with E-state index in [1.165, 1.54) is 0 Å². The minimum absolute atomic E-state index is 0.0284. The largest absolute Gasteiger partial charge is 0.378 e. The van der Waals surface area contributed by atoms with Crippen LogP contribution in [-0.2, 0) is 43.6 Å². The summed E-state index contributed by atoms with van der Waals surface area (Å²) in [5.74, 6) is -0.672. The third-order valence-corrected chi connectivity index (χ3v) is 9.80. The fourth-order valence-electron chi connectivity index (χ4n) is 6.39. The maximum Gasteiger partial charge on any atom is 0.312 e. The van der Waals surface area contributed by atoms with Crippen LogP contribution in [0, 0.1) is 11.8 Å². The summed E-state index contributed by atoms with van der Waals surface area (Å²) in [5, 5.41) is 23.0. The van der Waals surface area contributed by atoms with E-state index >= 15 is 0 Å². The number of amides is 5. The monoisotopic (exact) mass is 799 g/mol. The first-order valence-electron chi connectivity index (χ1n) is 20.7. The van der Waals surface area contributed by atoms with E-state index in [0.29, 0.717) is 57.4 Å². The SMILES string of the molecule is CC(C)OCc1ccc(NC(=O)[C@H](CCCNC(N)=O)NC(=O)[C@@H](NC(=O)CCCC2CCN(CCOCCn3cc(CNC(C)(C)C)nn3)CC2)C(C)C)cc1. The van der Waals surface area contributed by atoms with Crippen molar-refractivity contribution in [2.24, 2.45) is 17.6 Å². The molecule has 0 spiro atoms. The molecule has 2 heterocycles. The number of hydrogen-bond acceptors (Lipinski definition) is 10. The lowest BCUT2D eigenvalue weighted by Gasteiger charge is -2.31. The lowest BCUT2D eigenvalue weighted by atomic mass is 9.91. The van der Waals surface area contributed by atoms with Gasteiger partial charge in [-0.2, -0.15) is 0 Å². The van der Waals surface area contributed by atoms with Gasteiger partial charge in [-0.1, -0.05) is 31.2 Å². The van der Waals surface area contributed by atoms with Gasteiger partial charge in [-0.05, 0) is 116 Å². The Morgan fingerprint density at radius 2 is 1.65 bits per heavy atom. The number of urea groups is 1. The Morgan fingerprint density at radius 3 is 2.30 bits per heavy atom. The molecular formula is C41H70N10O6. The van der Waals surface area contributed by atoms with Gasteiger partial charge in [-0.25, -0.2) is 9.48 Å². The van der Waals surface area contributed by atoms with Gasteiger partial charge in [0.2, 0.25) is 17.7 Å².